The van der Waals surface area contributed by atoms with Gasteiger partial charge in [0.15, 0.2) is 0 Å². The van der Waals surface area contributed by atoms with Crippen LogP contribution in [0.25, 0.3) is 44.3 Å². The molecule has 3 N–H and O–H groups in total. The van der Waals surface area contributed by atoms with Crippen molar-refractivity contribution in [3.8, 4) is 22.4 Å². The highest BCUT2D eigenvalue weighted by Crippen LogP contribution is 2.34. The second kappa shape index (κ2) is 7.99. The first kappa shape index (κ1) is 20.9. The number of hydrogen-bond donors (Lipinski definition) is 3. The molecule has 6 nitrogen and oxygen atoms in total. The third-order valence-electron chi connectivity index (χ3n) is 7.15. The molecule has 0 spiro atoms. The molecule has 3 aromatic heterocycles. The van der Waals surface area contributed by atoms with Crippen LogP contribution >= 0.6 is 0 Å². The summed E-state index contributed by atoms with van der Waals surface area (Å²) in [6.45, 7) is 8.15. The van der Waals surface area contributed by atoms with Crippen molar-refractivity contribution in [2.75, 3.05) is 13.1 Å². The molecule has 5 aromatic rings. The third-order valence-corrected chi connectivity index (χ3v) is 7.15. The summed E-state index contributed by atoms with van der Waals surface area (Å²) in [6, 6.07) is 17.4. The first-order valence-corrected chi connectivity index (χ1v) is 12.0. The molecule has 0 amide bonds. The van der Waals surface area contributed by atoms with E-state index in [1.54, 1.807) is 0 Å². The molecule has 0 aliphatic carbocycles. The minimum atomic E-state index is -0.0120. The molecule has 6 rings (SSSR count). The van der Waals surface area contributed by atoms with Gasteiger partial charge in [0.1, 0.15) is 0 Å². The van der Waals surface area contributed by atoms with Crippen LogP contribution in [0.15, 0.2) is 53.3 Å². The summed E-state index contributed by atoms with van der Waals surface area (Å²) in [7, 11) is 0. The zero-order chi connectivity index (χ0) is 23.4. The number of nitrogens with one attached hydrogen (secondary N) is 3. The molecule has 0 unspecified atom stereocenters. The number of imidazole rings is 1. The van der Waals surface area contributed by atoms with Gasteiger partial charge in [-0.1, -0.05) is 18.2 Å². The zero-order valence-corrected chi connectivity index (χ0v) is 19.8. The topological polar surface area (TPSA) is 78.5 Å². The Balaban J connectivity index is 1.41. The number of aromatic amines is 2. The number of hydrogen-bond acceptors (Lipinski definition) is 3. The summed E-state index contributed by atoms with van der Waals surface area (Å²) in [5.41, 5.74) is 10.8. The van der Waals surface area contributed by atoms with Gasteiger partial charge >= 0.3 is 5.69 Å². The van der Waals surface area contributed by atoms with Crippen molar-refractivity contribution in [2.45, 2.75) is 39.7 Å². The molecule has 0 atom stereocenters. The molecule has 34 heavy (non-hydrogen) atoms. The van der Waals surface area contributed by atoms with E-state index < -0.39 is 0 Å². The Bertz CT molecular complexity index is 1580. The van der Waals surface area contributed by atoms with Crippen molar-refractivity contribution in [3.63, 3.8) is 0 Å². The van der Waals surface area contributed by atoms with Crippen LogP contribution < -0.4 is 11.0 Å². The Morgan fingerprint density at radius 3 is 2.24 bits per heavy atom. The summed E-state index contributed by atoms with van der Waals surface area (Å²) >= 11 is 0. The number of piperidine rings is 1. The number of rotatable bonds is 3. The molecular formula is C28H29N5O. The minimum Gasteiger partial charge on any atom is -0.354 e. The Labute approximate surface area is 198 Å². The maximum atomic E-state index is 12.8. The quantitative estimate of drug-likeness (QED) is 0.344. The minimum absolute atomic E-state index is 0.0120. The molecule has 1 fully saturated rings. The summed E-state index contributed by atoms with van der Waals surface area (Å²) in [6.07, 6.45) is 1.96. The Morgan fingerprint density at radius 2 is 1.50 bits per heavy atom. The van der Waals surface area contributed by atoms with Crippen LogP contribution in [0.3, 0.4) is 0 Å². The van der Waals surface area contributed by atoms with Gasteiger partial charge in [-0.05, 0) is 93.7 Å². The predicted molar refractivity (Wildman–Crippen MR) is 138 cm³/mol. The maximum absolute atomic E-state index is 12.8. The van der Waals surface area contributed by atoms with Gasteiger partial charge in [0, 0.05) is 39.6 Å². The molecule has 0 radical (unpaired) electrons. The average molecular weight is 452 g/mol. The molecule has 1 aliphatic rings. The second-order valence-corrected chi connectivity index (χ2v) is 9.54. The van der Waals surface area contributed by atoms with E-state index in [1.165, 1.54) is 16.5 Å². The van der Waals surface area contributed by atoms with Gasteiger partial charge in [-0.2, -0.15) is 0 Å². The van der Waals surface area contributed by atoms with Gasteiger partial charge in [-0.3, -0.25) is 9.55 Å². The molecule has 2 aromatic carbocycles. The van der Waals surface area contributed by atoms with E-state index in [1.807, 2.05) is 18.4 Å². The van der Waals surface area contributed by atoms with E-state index >= 15 is 0 Å². The lowest BCUT2D eigenvalue weighted by Crippen LogP contribution is -2.33. The van der Waals surface area contributed by atoms with Gasteiger partial charge in [0.05, 0.1) is 11.0 Å². The highest BCUT2D eigenvalue weighted by atomic mass is 16.1. The molecular weight excluding hydrogens is 422 g/mol. The van der Waals surface area contributed by atoms with Crippen molar-refractivity contribution in [1.82, 2.24) is 24.8 Å². The molecule has 1 aliphatic heterocycles. The number of pyridine rings is 1. The largest absolute Gasteiger partial charge is 0.354 e. The summed E-state index contributed by atoms with van der Waals surface area (Å²) in [5.74, 6) is 0. The Morgan fingerprint density at radius 1 is 0.824 bits per heavy atom. The first-order valence-electron chi connectivity index (χ1n) is 12.0. The smallest absolute Gasteiger partial charge is 0.326 e. The first-order chi connectivity index (χ1) is 16.5. The standard InChI is InChI=1S/C28H29N5O/c1-16-12-21(13-17(2)30-16)27-18(3)23-6-4-19(14-24(23)31-27)20-5-7-26-25(15-20)32-28(34)33(26)22-8-10-29-11-9-22/h4-7,12-15,22,29,31H,8-11H2,1-3H3,(H,32,34). The fraction of sp³-hybridized carbons (Fsp3) is 0.286. The maximum Gasteiger partial charge on any atom is 0.326 e. The molecule has 0 saturated carbocycles. The number of benzene rings is 2. The monoisotopic (exact) mass is 451 g/mol. The number of aryl methyl sites for hydroxylation is 3. The lowest BCUT2D eigenvalue weighted by atomic mass is 10.0. The van der Waals surface area contributed by atoms with E-state index in [0.29, 0.717) is 0 Å². The lowest BCUT2D eigenvalue weighted by Gasteiger charge is -2.23. The van der Waals surface area contributed by atoms with Crippen molar-refractivity contribution in [3.05, 3.63) is 76.0 Å². The highest BCUT2D eigenvalue weighted by Gasteiger charge is 2.20. The van der Waals surface area contributed by atoms with Crippen LogP contribution in [0, 0.1) is 20.8 Å². The van der Waals surface area contributed by atoms with E-state index in [9.17, 15) is 4.79 Å². The summed E-state index contributed by atoms with van der Waals surface area (Å²) in [4.78, 5) is 24.0. The summed E-state index contributed by atoms with van der Waals surface area (Å²) in [5, 5.41) is 4.60. The van der Waals surface area contributed by atoms with E-state index in [-0.39, 0.29) is 11.7 Å². The van der Waals surface area contributed by atoms with Gasteiger partial charge in [0.25, 0.3) is 0 Å². The van der Waals surface area contributed by atoms with E-state index in [4.69, 9.17) is 0 Å². The highest BCUT2D eigenvalue weighted by molar-refractivity contribution is 5.94. The SMILES string of the molecule is Cc1cc(-c2[nH]c3cc(-c4ccc5c(c4)[nH]c(=O)n5C4CCNCC4)ccc3c2C)cc(C)n1. The average Bonchev–Trinajstić information content (AvgIpc) is 3.34. The lowest BCUT2D eigenvalue weighted by molar-refractivity contribution is 0.368. The van der Waals surface area contributed by atoms with Crippen LogP contribution in [-0.2, 0) is 0 Å². The number of aromatic nitrogens is 4. The molecule has 1 saturated heterocycles. The van der Waals surface area contributed by atoms with Gasteiger partial charge in [-0.15, -0.1) is 0 Å². The third kappa shape index (κ3) is 3.46. The van der Waals surface area contributed by atoms with Crippen LogP contribution in [0.5, 0.6) is 0 Å². The van der Waals surface area contributed by atoms with Crippen molar-refractivity contribution in [2.24, 2.45) is 0 Å². The van der Waals surface area contributed by atoms with Gasteiger partial charge in [-0.25, -0.2) is 4.79 Å². The Hall–Kier alpha value is -3.64. The second-order valence-electron chi connectivity index (χ2n) is 9.54. The van der Waals surface area contributed by atoms with Crippen molar-refractivity contribution < 1.29 is 0 Å². The fourth-order valence-corrected chi connectivity index (χ4v) is 5.52. The fourth-order valence-electron chi connectivity index (χ4n) is 5.52. The number of H-pyrrole nitrogens is 2. The van der Waals surface area contributed by atoms with Crippen LogP contribution in [-0.4, -0.2) is 32.6 Å². The normalized spacial score (nSPS) is 14.9. The van der Waals surface area contributed by atoms with Gasteiger partial charge < -0.3 is 15.3 Å². The predicted octanol–water partition coefficient (Wildman–Crippen LogP) is 5.39. The molecule has 4 heterocycles. The Kier molecular flexibility index (Phi) is 4.92. The van der Waals surface area contributed by atoms with Gasteiger partial charge in [0.2, 0.25) is 0 Å². The van der Waals surface area contributed by atoms with E-state index in [2.05, 4.69) is 75.7 Å². The van der Waals surface area contributed by atoms with Crippen LogP contribution in [0.4, 0.5) is 0 Å². The number of fused-ring (bicyclic) bond motifs is 2. The summed E-state index contributed by atoms with van der Waals surface area (Å²) < 4.78 is 1.95. The van der Waals surface area contributed by atoms with Crippen LogP contribution in [0.1, 0.15) is 35.8 Å². The number of nitrogens with zero attached hydrogens (tertiary/aromatic N) is 2. The van der Waals surface area contributed by atoms with Crippen molar-refractivity contribution >= 4 is 21.9 Å². The van der Waals surface area contributed by atoms with E-state index in [0.717, 1.165) is 70.7 Å². The zero-order valence-electron chi connectivity index (χ0n) is 19.8. The van der Waals surface area contributed by atoms with Crippen molar-refractivity contribution in [1.29, 1.82) is 0 Å². The molecule has 0 bridgehead atoms. The van der Waals surface area contributed by atoms with Crippen LogP contribution in [0.2, 0.25) is 0 Å². The molecule has 172 valence electrons. The molecule has 6 heteroatoms.